The summed E-state index contributed by atoms with van der Waals surface area (Å²) in [5.41, 5.74) is 0.756. The molecule has 20 heavy (non-hydrogen) atoms. The van der Waals surface area contributed by atoms with Gasteiger partial charge in [0, 0.05) is 28.5 Å². The van der Waals surface area contributed by atoms with E-state index in [-0.39, 0.29) is 5.56 Å². The first-order valence-corrected chi connectivity index (χ1v) is 8.05. The maximum absolute atomic E-state index is 12.7. The topological polar surface area (TPSA) is 38.1 Å². The molecule has 0 amide bonds. The summed E-state index contributed by atoms with van der Waals surface area (Å²) in [6.07, 6.45) is 0.737. The summed E-state index contributed by atoms with van der Waals surface area (Å²) < 4.78 is 3.49. The van der Waals surface area contributed by atoms with E-state index >= 15 is 0 Å². The molecule has 0 aliphatic heterocycles. The largest absolute Gasteiger partial charge is 0.308 e. The Morgan fingerprint density at radius 1 is 1.30 bits per heavy atom. The van der Waals surface area contributed by atoms with Crippen LogP contribution in [-0.4, -0.2) is 35.1 Å². The molecule has 108 valence electrons. The van der Waals surface area contributed by atoms with Crippen LogP contribution in [0.5, 0.6) is 0 Å². The van der Waals surface area contributed by atoms with E-state index in [9.17, 15) is 4.79 Å². The summed E-state index contributed by atoms with van der Waals surface area (Å²) in [6, 6.07) is 3.75. The van der Waals surface area contributed by atoms with Crippen LogP contribution in [-0.2, 0) is 13.0 Å². The van der Waals surface area contributed by atoms with Crippen LogP contribution in [0, 0.1) is 0 Å². The molecule has 0 saturated carbocycles. The molecular weight excluding hydrogens is 386 g/mol. The Bertz CT molecular complexity index is 695. The summed E-state index contributed by atoms with van der Waals surface area (Å²) in [5, 5.41) is 0.641. The van der Waals surface area contributed by atoms with Crippen molar-refractivity contribution in [3.05, 3.63) is 37.3 Å². The van der Waals surface area contributed by atoms with Gasteiger partial charge in [0.25, 0.3) is 5.56 Å². The van der Waals surface area contributed by atoms with Crippen LogP contribution in [0.3, 0.4) is 0 Å². The number of benzene rings is 1. The van der Waals surface area contributed by atoms with Crippen LogP contribution in [0.2, 0.25) is 0 Å². The van der Waals surface area contributed by atoms with Crippen molar-refractivity contribution < 1.29 is 0 Å². The molecule has 6 heteroatoms. The average molecular weight is 403 g/mol. The van der Waals surface area contributed by atoms with E-state index in [4.69, 9.17) is 0 Å². The molecule has 0 fully saturated rings. The lowest BCUT2D eigenvalue weighted by molar-refractivity contribution is 0.376. The van der Waals surface area contributed by atoms with Gasteiger partial charge in [-0.3, -0.25) is 9.36 Å². The first-order chi connectivity index (χ1) is 9.43. The Balaban J connectivity index is 2.68. The maximum atomic E-state index is 12.7. The van der Waals surface area contributed by atoms with Gasteiger partial charge in [-0.15, -0.1) is 0 Å². The highest BCUT2D eigenvalue weighted by Gasteiger charge is 2.12. The van der Waals surface area contributed by atoms with Gasteiger partial charge < -0.3 is 4.90 Å². The Hall–Kier alpha value is -0.720. The van der Waals surface area contributed by atoms with Crippen molar-refractivity contribution >= 4 is 42.8 Å². The highest BCUT2D eigenvalue weighted by Crippen LogP contribution is 2.25. The van der Waals surface area contributed by atoms with Crippen molar-refractivity contribution in [2.24, 2.45) is 0 Å². The van der Waals surface area contributed by atoms with Gasteiger partial charge >= 0.3 is 0 Å². The first kappa shape index (κ1) is 15.7. The van der Waals surface area contributed by atoms with Crippen LogP contribution in [0.4, 0.5) is 0 Å². The van der Waals surface area contributed by atoms with Crippen LogP contribution >= 0.6 is 31.9 Å². The van der Waals surface area contributed by atoms with E-state index in [1.165, 1.54) is 0 Å². The molecule has 0 bridgehead atoms. The second-order valence-electron chi connectivity index (χ2n) is 4.93. The van der Waals surface area contributed by atoms with E-state index < -0.39 is 0 Å². The van der Waals surface area contributed by atoms with Gasteiger partial charge in [-0.05, 0) is 42.2 Å². The third kappa shape index (κ3) is 3.13. The fourth-order valence-corrected chi connectivity index (χ4v) is 3.41. The number of hydrogen-bond acceptors (Lipinski definition) is 3. The van der Waals surface area contributed by atoms with E-state index in [2.05, 4.69) is 41.7 Å². The van der Waals surface area contributed by atoms with Crippen LogP contribution in [0.15, 0.2) is 25.9 Å². The van der Waals surface area contributed by atoms with Crippen molar-refractivity contribution in [2.45, 2.75) is 19.9 Å². The molecule has 0 aliphatic rings. The number of fused-ring (bicyclic) bond motifs is 1. The zero-order valence-corrected chi connectivity index (χ0v) is 15.0. The summed E-state index contributed by atoms with van der Waals surface area (Å²) in [7, 11) is 4.00. The van der Waals surface area contributed by atoms with Gasteiger partial charge in [0.05, 0.1) is 10.9 Å². The van der Waals surface area contributed by atoms with Crippen LogP contribution < -0.4 is 5.56 Å². The first-order valence-electron chi connectivity index (χ1n) is 6.47. The smallest absolute Gasteiger partial charge is 0.261 e. The molecule has 2 aromatic rings. The van der Waals surface area contributed by atoms with Crippen molar-refractivity contribution in [1.29, 1.82) is 0 Å². The minimum atomic E-state index is 0.0238. The zero-order chi connectivity index (χ0) is 14.9. The minimum absolute atomic E-state index is 0.0238. The fourth-order valence-electron chi connectivity index (χ4n) is 2.10. The van der Waals surface area contributed by atoms with Gasteiger partial charge in [0.15, 0.2) is 0 Å². The number of rotatable bonds is 4. The van der Waals surface area contributed by atoms with Gasteiger partial charge in [-0.1, -0.05) is 22.9 Å². The molecule has 0 aliphatic carbocycles. The van der Waals surface area contributed by atoms with Crippen molar-refractivity contribution in [1.82, 2.24) is 14.5 Å². The summed E-state index contributed by atoms with van der Waals surface area (Å²) in [5.74, 6) is 0.826. The van der Waals surface area contributed by atoms with E-state index in [1.54, 1.807) is 4.57 Å². The highest BCUT2D eigenvalue weighted by molar-refractivity contribution is 9.11. The van der Waals surface area contributed by atoms with Crippen molar-refractivity contribution in [3.8, 4) is 0 Å². The van der Waals surface area contributed by atoms with Gasteiger partial charge in [-0.2, -0.15) is 0 Å². The quantitative estimate of drug-likeness (QED) is 0.788. The van der Waals surface area contributed by atoms with Gasteiger partial charge in [-0.25, -0.2) is 4.98 Å². The summed E-state index contributed by atoms with van der Waals surface area (Å²) >= 11 is 6.91. The SMILES string of the molecule is CCc1nc2c(Br)cc(Br)cc2c(=O)n1CCN(C)C. The summed E-state index contributed by atoms with van der Waals surface area (Å²) in [4.78, 5) is 19.4. The Labute approximate surface area is 135 Å². The highest BCUT2D eigenvalue weighted by atomic mass is 79.9. The number of nitrogens with zero attached hydrogens (tertiary/aromatic N) is 3. The number of aromatic nitrogens is 2. The second-order valence-corrected chi connectivity index (χ2v) is 6.70. The molecule has 1 aromatic carbocycles. The second kappa shape index (κ2) is 6.37. The summed E-state index contributed by atoms with van der Waals surface area (Å²) in [6.45, 7) is 3.49. The maximum Gasteiger partial charge on any atom is 0.261 e. The van der Waals surface area contributed by atoms with Crippen LogP contribution in [0.1, 0.15) is 12.7 Å². The third-order valence-corrected chi connectivity index (χ3v) is 4.21. The van der Waals surface area contributed by atoms with E-state index in [1.807, 2.05) is 33.2 Å². The van der Waals surface area contributed by atoms with Crippen molar-refractivity contribution in [2.75, 3.05) is 20.6 Å². The molecule has 0 spiro atoms. The predicted molar refractivity (Wildman–Crippen MR) is 89.3 cm³/mol. The Morgan fingerprint density at radius 3 is 2.60 bits per heavy atom. The fraction of sp³-hybridized carbons (Fsp3) is 0.429. The molecule has 0 radical (unpaired) electrons. The number of likely N-dealkylation sites (N-methyl/N-ethyl adjacent to an activating group) is 1. The van der Waals surface area contributed by atoms with Gasteiger partial charge in [0.2, 0.25) is 0 Å². The molecule has 0 saturated heterocycles. The molecule has 2 rings (SSSR count). The number of aryl methyl sites for hydroxylation is 1. The zero-order valence-electron chi connectivity index (χ0n) is 11.8. The predicted octanol–water partition coefficient (Wildman–Crippen LogP) is 3.05. The number of halogens is 2. The van der Waals surface area contributed by atoms with Crippen LogP contribution in [0.25, 0.3) is 10.9 Å². The normalized spacial score (nSPS) is 11.5. The van der Waals surface area contributed by atoms with E-state index in [0.29, 0.717) is 11.9 Å². The lowest BCUT2D eigenvalue weighted by Crippen LogP contribution is -2.30. The molecular formula is C14H17Br2N3O. The Kier molecular flexibility index (Phi) is 4.99. The lowest BCUT2D eigenvalue weighted by Gasteiger charge is -2.15. The lowest BCUT2D eigenvalue weighted by atomic mass is 10.2. The molecule has 0 unspecified atom stereocenters. The third-order valence-electron chi connectivity index (χ3n) is 3.14. The molecule has 0 N–H and O–H groups in total. The molecule has 1 heterocycles. The van der Waals surface area contributed by atoms with E-state index in [0.717, 1.165) is 33.3 Å². The average Bonchev–Trinajstić information content (AvgIpc) is 2.38. The van der Waals surface area contributed by atoms with Gasteiger partial charge in [0.1, 0.15) is 5.82 Å². The number of hydrogen-bond donors (Lipinski definition) is 0. The minimum Gasteiger partial charge on any atom is -0.308 e. The monoisotopic (exact) mass is 401 g/mol. The molecule has 0 atom stereocenters. The molecule has 4 nitrogen and oxygen atoms in total. The van der Waals surface area contributed by atoms with Crippen molar-refractivity contribution in [3.63, 3.8) is 0 Å². The molecule has 1 aromatic heterocycles. The Morgan fingerprint density at radius 2 is 2.00 bits per heavy atom. The standard InChI is InChI=1S/C14H17Br2N3O/c1-4-12-17-13-10(7-9(15)8-11(13)16)14(20)19(12)6-5-18(2)3/h7-8H,4-6H2,1-3H3.